The Morgan fingerprint density at radius 1 is 1.11 bits per heavy atom. The van der Waals surface area contributed by atoms with Gasteiger partial charge in [0, 0.05) is 5.56 Å². The molecule has 0 bridgehead atoms. The van der Waals surface area contributed by atoms with Gasteiger partial charge in [-0.1, -0.05) is 6.07 Å². The van der Waals surface area contributed by atoms with Crippen molar-refractivity contribution in [1.29, 1.82) is 0 Å². The third-order valence-electron chi connectivity index (χ3n) is 2.84. The van der Waals surface area contributed by atoms with Crippen LogP contribution in [0.4, 0.5) is 8.78 Å². The zero-order valence-electron chi connectivity index (χ0n) is 10.5. The Balaban J connectivity index is 2.52. The third-order valence-corrected chi connectivity index (χ3v) is 2.84. The lowest BCUT2D eigenvalue weighted by molar-refractivity contribution is 0.103. The molecule has 0 aliphatic heterocycles. The second-order valence-electron chi connectivity index (χ2n) is 4.11. The molecule has 0 unspecified atom stereocenters. The molecule has 0 N–H and O–H groups in total. The predicted molar refractivity (Wildman–Crippen MR) is 67.5 cm³/mol. The fourth-order valence-corrected chi connectivity index (χ4v) is 1.83. The van der Waals surface area contributed by atoms with Crippen LogP contribution in [-0.4, -0.2) is 12.9 Å². The van der Waals surface area contributed by atoms with Crippen LogP contribution in [0.3, 0.4) is 0 Å². The highest BCUT2D eigenvalue weighted by Gasteiger charge is 2.19. The molecule has 0 aliphatic carbocycles. The number of halogens is 2. The van der Waals surface area contributed by atoms with Gasteiger partial charge in [-0.05, 0) is 42.8 Å². The summed E-state index contributed by atoms with van der Waals surface area (Å²) in [7, 11) is 1.36. The number of methoxy groups -OCH3 is 1. The fourth-order valence-electron chi connectivity index (χ4n) is 1.83. The van der Waals surface area contributed by atoms with Gasteiger partial charge in [0.05, 0.1) is 7.11 Å². The van der Waals surface area contributed by atoms with Crippen LogP contribution in [0, 0.1) is 18.6 Å². The molecule has 19 heavy (non-hydrogen) atoms. The van der Waals surface area contributed by atoms with Crippen molar-refractivity contribution in [2.75, 3.05) is 7.11 Å². The van der Waals surface area contributed by atoms with Crippen molar-refractivity contribution < 1.29 is 18.3 Å². The maximum atomic E-state index is 13.8. The van der Waals surface area contributed by atoms with E-state index in [1.54, 1.807) is 6.92 Å². The van der Waals surface area contributed by atoms with Crippen molar-refractivity contribution in [1.82, 2.24) is 0 Å². The summed E-state index contributed by atoms with van der Waals surface area (Å²) in [5.41, 5.74) is 0.416. The number of hydrogen-bond donors (Lipinski definition) is 0. The quantitative estimate of drug-likeness (QED) is 0.791. The fraction of sp³-hybridized carbons (Fsp3) is 0.133. The Labute approximate surface area is 109 Å². The van der Waals surface area contributed by atoms with E-state index in [1.807, 2.05) is 0 Å². The minimum atomic E-state index is -0.661. The number of aryl methyl sites for hydroxylation is 1. The van der Waals surface area contributed by atoms with E-state index in [4.69, 9.17) is 4.74 Å². The Bertz CT molecular complexity index is 636. The molecule has 0 atom stereocenters. The van der Waals surface area contributed by atoms with E-state index in [-0.39, 0.29) is 16.9 Å². The van der Waals surface area contributed by atoms with Gasteiger partial charge >= 0.3 is 0 Å². The van der Waals surface area contributed by atoms with Crippen molar-refractivity contribution in [3.63, 3.8) is 0 Å². The summed E-state index contributed by atoms with van der Waals surface area (Å²) in [5, 5.41) is 0. The predicted octanol–water partition coefficient (Wildman–Crippen LogP) is 3.51. The molecule has 0 heterocycles. The molecule has 0 radical (unpaired) electrons. The van der Waals surface area contributed by atoms with Gasteiger partial charge in [-0.2, -0.15) is 0 Å². The molecule has 2 nitrogen and oxygen atoms in total. The molecule has 2 rings (SSSR count). The van der Waals surface area contributed by atoms with E-state index in [1.165, 1.54) is 43.5 Å². The first-order chi connectivity index (χ1) is 9.04. The van der Waals surface area contributed by atoms with Crippen LogP contribution in [0.2, 0.25) is 0 Å². The van der Waals surface area contributed by atoms with Crippen LogP contribution in [0.15, 0.2) is 36.4 Å². The molecular weight excluding hydrogens is 250 g/mol. The Hall–Kier alpha value is -2.23. The van der Waals surface area contributed by atoms with E-state index in [0.717, 1.165) is 0 Å². The first-order valence-electron chi connectivity index (χ1n) is 5.68. The summed E-state index contributed by atoms with van der Waals surface area (Å²) >= 11 is 0. The number of carbonyl (C=O) groups excluding carboxylic acids is 1. The molecule has 98 valence electrons. The number of ether oxygens (including phenoxy) is 1. The van der Waals surface area contributed by atoms with E-state index in [0.29, 0.717) is 5.56 Å². The molecule has 0 amide bonds. The highest BCUT2D eigenvalue weighted by atomic mass is 19.1. The largest absolute Gasteiger partial charge is 0.496 e. The number of carbonyl (C=O) groups is 1. The molecule has 0 saturated heterocycles. The van der Waals surface area contributed by atoms with Gasteiger partial charge in [-0.25, -0.2) is 8.78 Å². The van der Waals surface area contributed by atoms with Gasteiger partial charge in [-0.3, -0.25) is 4.79 Å². The molecule has 0 spiro atoms. The minimum absolute atomic E-state index is 0.143. The molecule has 2 aromatic rings. The lowest BCUT2D eigenvalue weighted by Crippen LogP contribution is -2.07. The van der Waals surface area contributed by atoms with Gasteiger partial charge in [0.15, 0.2) is 5.78 Å². The molecule has 4 heteroatoms. The summed E-state index contributed by atoms with van der Waals surface area (Å²) in [5.74, 6) is -1.44. The van der Waals surface area contributed by atoms with Gasteiger partial charge < -0.3 is 4.74 Å². The van der Waals surface area contributed by atoms with Crippen molar-refractivity contribution >= 4 is 5.78 Å². The van der Waals surface area contributed by atoms with Crippen LogP contribution >= 0.6 is 0 Å². The summed E-state index contributed by atoms with van der Waals surface area (Å²) in [6, 6.07) is 8.07. The Kier molecular flexibility index (Phi) is 3.60. The number of benzene rings is 2. The second kappa shape index (κ2) is 5.18. The molecule has 0 aliphatic rings. The maximum absolute atomic E-state index is 13.8. The van der Waals surface area contributed by atoms with Crippen LogP contribution in [0.5, 0.6) is 5.75 Å². The van der Waals surface area contributed by atoms with Gasteiger partial charge in [0.2, 0.25) is 0 Å². The minimum Gasteiger partial charge on any atom is -0.496 e. The average molecular weight is 262 g/mol. The molecule has 0 saturated carbocycles. The first-order valence-corrected chi connectivity index (χ1v) is 5.68. The number of ketones is 1. The van der Waals surface area contributed by atoms with Crippen molar-refractivity contribution in [2.45, 2.75) is 6.92 Å². The lowest BCUT2D eigenvalue weighted by Gasteiger charge is -2.09. The molecule has 0 aromatic heterocycles. The highest BCUT2D eigenvalue weighted by molar-refractivity contribution is 6.11. The van der Waals surface area contributed by atoms with Crippen LogP contribution < -0.4 is 4.74 Å². The number of rotatable bonds is 3. The van der Waals surface area contributed by atoms with Crippen molar-refractivity contribution in [2.24, 2.45) is 0 Å². The SMILES string of the molecule is COc1cccc(F)c1C(=O)c1ccc(F)c(C)c1. The van der Waals surface area contributed by atoms with Crippen molar-refractivity contribution in [3.05, 3.63) is 64.7 Å². The van der Waals surface area contributed by atoms with Crippen LogP contribution in [0.1, 0.15) is 21.5 Å². The second-order valence-corrected chi connectivity index (χ2v) is 4.11. The third kappa shape index (κ3) is 2.47. The van der Waals surface area contributed by atoms with E-state index in [9.17, 15) is 13.6 Å². The summed E-state index contributed by atoms with van der Waals surface area (Å²) in [4.78, 5) is 12.3. The summed E-state index contributed by atoms with van der Waals surface area (Å²) in [6.45, 7) is 1.55. The summed E-state index contributed by atoms with van der Waals surface area (Å²) < 4.78 is 31.9. The smallest absolute Gasteiger partial charge is 0.199 e. The van der Waals surface area contributed by atoms with E-state index < -0.39 is 17.4 Å². The summed E-state index contributed by atoms with van der Waals surface area (Å²) in [6.07, 6.45) is 0. The zero-order valence-corrected chi connectivity index (χ0v) is 10.5. The van der Waals surface area contributed by atoms with Gasteiger partial charge in [-0.15, -0.1) is 0 Å². The first kappa shape index (κ1) is 13.2. The highest BCUT2D eigenvalue weighted by Crippen LogP contribution is 2.25. The molecule has 0 fully saturated rings. The topological polar surface area (TPSA) is 26.3 Å². The van der Waals surface area contributed by atoms with Crippen LogP contribution in [-0.2, 0) is 0 Å². The van der Waals surface area contributed by atoms with Crippen LogP contribution in [0.25, 0.3) is 0 Å². The Morgan fingerprint density at radius 3 is 2.47 bits per heavy atom. The normalized spacial score (nSPS) is 10.3. The van der Waals surface area contributed by atoms with E-state index >= 15 is 0 Å². The maximum Gasteiger partial charge on any atom is 0.199 e. The molecular formula is C15H12F2O2. The Morgan fingerprint density at radius 2 is 1.84 bits per heavy atom. The zero-order chi connectivity index (χ0) is 14.0. The standard InChI is InChI=1S/C15H12F2O2/c1-9-8-10(6-7-11(9)16)15(18)14-12(17)4-3-5-13(14)19-2/h3-8H,1-2H3. The van der Waals surface area contributed by atoms with Crippen molar-refractivity contribution in [3.8, 4) is 5.75 Å². The monoisotopic (exact) mass is 262 g/mol. The van der Waals surface area contributed by atoms with E-state index in [2.05, 4.69) is 0 Å². The molecule has 2 aromatic carbocycles. The lowest BCUT2D eigenvalue weighted by atomic mass is 10.00. The number of hydrogen-bond acceptors (Lipinski definition) is 2. The van der Waals surface area contributed by atoms with Gasteiger partial charge in [0.25, 0.3) is 0 Å². The van der Waals surface area contributed by atoms with Gasteiger partial charge in [0.1, 0.15) is 22.9 Å². The average Bonchev–Trinajstić information content (AvgIpc) is 2.40.